The molecule has 7 heteroatoms. The number of rotatable bonds is 5. The highest BCUT2D eigenvalue weighted by Gasteiger charge is 2.20. The van der Waals surface area contributed by atoms with Crippen LogP contribution in [0.25, 0.3) is 0 Å². The summed E-state index contributed by atoms with van der Waals surface area (Å²) in [6.45, 7) is 1.49. The lowest BCUT2D eigenvalue weighted by Gasteiger charge is -2.15. The van der Waals surface area contributed by atoms with Crippen molar-refractivity contribution in [1.82, 2.24) is 0 Å². The molecule has 1 amide bonds. The fourth-order valence-electron chi connectivity index (χ4n) is 1.91. The topological polar surface area (TPSA) is 64.6 Å². The molecule has 0 bridgehead atoms. The molecule has 5 nitrogen and oxygen atoms in total. The number of nitrogens with one attached hydrogen (secondary N) is 1. The van der Waals surface area contributed by atoms with E-state index in [4.69, 9.17) is 21.1 Å². The first kappa shape index (κ1) is 18.3. The molecule has 0 radical (unpaired) electrons. The maximum Gasteiger partial charge on any atom is 0.338 e. The molecular weight excluding hydrogens is 398 g/mol. The van der Waals surface area contributed by atoms with Crippen LogP contribution >= 0.6 is 27.5 Å². The minimum Gasteiger partial charge on any atom is -0.495 e. The highest BCUT2D eigenvalue weighted by atomic mass is 79.9. The second kappa shape index (κ2) is 8.17. The fraction of sp³-hybridized carbons (Fsp3) is 0.176. The molecule has 2 aromatic rings. The first-order chi connectivity index (χ1) is 11.4. The molecule has 0 aromatic heterocycles. The van der Waals surface area contributed by atoms with Crippen molar-refractivity contribution in [2.75, 3.05) is 12.4 Å². The molecule has 126 valence electrons. The van der Waals surface area contributed by atoms with E-state index in [9.17, 15) is 9.59 Å². The zero-order chi connectivity index (χ0) is 17.7. The Bertz CT molecular complexity index is 766. The van der Waals surface area contributed by atoms with Crippen LogP contribution in [0.5, 0.6) is 5.75 Å². The van der Waals surface area contributed by atoms with E-state index in [1.54, 1.807) is 42.5 Å². The molecule has 24 heavy (non-hydrogen) atoms. The van der Waals surface area contributed by atoms with Gasteiger partial charge in [-0.2, -0.15) is 0 Å². The number of methoxy groups -OCH3 is 1. The van der Waals surface area contributed by atoms with Crippen LogP contribution in [0.15, 0.2) is 46.9 Å². The van der Waals surface area contributed by atoms with Crippen LogP contribution in [0, 0.1) is 0 Å². The molecule has 0 aliphatic carbocycles. The maximum absolute atomic E-state index is 12.2. The van der Waals surface area contributed by atoms with E-state index in [-0.39, 0.29) is 0 Å². The Balaban J connectivity index is 2.05. The van der Waals surface area contributed by atoms with Gasteiger partial charge in [0.25, 0.3) is 5.91 Å². The lowest BCUT2D eigenvalue weighted by molar-refractivity contribution is -0.123. The highest BCUT2D eigenvalue weighted by Crippen LogP contribution is 2.27. The van der Waals surface area contributed by atoms with Crippen molar-refractivity contribution < 1.29 is 19.1 Å². The van der Waals surface area contributed by atoms with Crippen LogP contribution < -0.4 is 10.1 Å². The molecule has 1 atom stereocenters. The number of carbonyl (C=O) groups is 2. The smallest absolute Gasteiger partial charge is 0.338 e. The van der Waals surface area contributed by atoms with E-state index >= 15 is 0 Å². The van der Waals surface area contributed by atoms with Crippen LogP contribution in [0.1, 0.15) is 17.3 Å². The normalized spacial score (nSPS) is 11.5. The summed E-state index contributed by atoms with van der Waals surface area (Å²) in [5, 5.41) is 3.08. The van der Waals surface area contributed by atoms with E-state index in [2.05, 4.69) is 21.2 Å². The number of carbonyl (C=O) groups excluding carboxylic acids is 2. The van der Waals surface area contributed by atoms with E-state index < -0.39 is 18.0 Å². The van der Waals surface area contributed by atoms with Crippen molar-refractivity contribution in [3.05, 3.63) is 57.5 Å². The average molecular weight is 413 g/mol. The van der Waals surface area contributed by atoms with Gasteiger partial charge in [0.2, 0.25) is 0 Å². The summed E-state index contributed by atoms with van der Waals surface area (Å²) >= 11 is 9.20. The Morgan fingerprint density at radius 2 is 1.96 bits per heavy atom. The van der Waals surface area contributed by atoms with E-state index in [1.165, 1.54) is 14.0 Å². The predicted octanol–water partition coefficient (Wildman–Crippen LogP) is 4.30. The minimum absolute atomic E-state index is 0.351. The van der Waals surface area contributed by atoms with Crippen molar-refractivity contribution in [3.8, 4) is 5.75 Å². The summed E-state index contributed by atoms with van der Waals surface area (Å²) in [5.41, 5.74) is 0.754. The summed E-state index contributed by atoms with van der Waals surface area (Å²) in [6, 6.07) is 11.6. The van der Waals surface area contributed by atoms with Crippen molar-refractivity contribution in [1.29, 1.82) is 0 Å². The van der Waals surface area contributed by atoms with Crippen LogP contribution in [0.3, 0.4) is 0 Å². The zero-order valence-corrected chi connectivity index (χ0v) is 15.3. The van der Waals surface area contributed by atoms with Crippen LogP contribution in [-0.2, 0) is 9.53 Å². The number of benzene rings is 2. The third-order valence-corrected chi connectivity index (χ3v) is 3.86. The quantitative estimate of drug-likeness (QED) is 0.744. The largest absolute Gasteiger partial charge is 0.495 e. The number of ether oxygens (including phenoxy) is 2. The van der Waals surface area contributed by atoms with Gasteiger partial charge in [0.15, 0.2) is 6.10 Å². The van der Waals surface area contributed by atoms with Gasteiger partial charge in [-0.1, -0.05) is 33.6 Å². The van der Waals surface area contributed by atoms with Crippen molar-refractivity contribution in [2.45, 2.75) is 13.0 Å². The zero-order valence-electron chi connectivity index (χ0n) is 13.0. The van der Waals surface area contributed by atoms with Gasteiger partial charge in [-0.05, 0) is 43.3 Å². The van der Waals surface area contributed by atoms with E-state index in [1.807, 2.05) is 0 Å². The van der Waals surface area contributed by atoms with E-state index in [0.717, 1.165) is 4.47 Å². The molecule has 1 N–H and O–H groups in total. The molecular formula is C17H15BrClNO4. The second-order valence-electron chi connectivity index (χ2n) is 4.89. The molecule has 0 heterocycles. The molecule has 0 spiro atoms. The number of halogens is 2. The molecule has 0 aliphatic rings. The third kappa shape index (κ3) is 4.72. The van der Waals surface area contributed by atoms with Gasteiger partial charge in [-0.15, -0.1) is 0 Å². The molecule has 0 saturated carbocycles. The standard InChI is InChI=1S/C17H15BrClNO4/c1-10(24-17(22)11-4-3-5-12(18)8-11)16(21)20-14-9-13(19)6-7-15(14)23-2/h3-10H,1-2H3,(H,20,21)/t10-/m0/s1. The van der Waals surface area contributed by atoms with Gasteiger partial charge in [0.1, 0.15) is 5.75 Å². The molecule has 0 fully saturated rings. The van der Waals surface area contributed by atoms with Gasteiger partial charge >= 0.3 is 5.97 Å². The Morgan fingerprint density at radius 1 is 1.21 bits per heavy atom. The monoisotopic (exact) mass is 411 g/mol. The Hall–Kier alpha value is -2.05. The Morgan fingerprint density at radius 3 is 2.62 bits per heavy atom. The van der Waals surface area contributed by atoms with Gasteiger partial charge in [0, 0.05) is 9.50 Å². The predicted molar refractivity (Wildman–Crippen MR) is 95.7 cm³/mol. The van der Waals surface area contributed by atoms with E-state index in [0.29, 0.717) is 22.0 Å². The minimum atomic E-state index is -0.986. The molecule has 2 rings (SSSR count). The van der Waals surface area contributed by atoms with Gasteiger partial charge in [-0.25, -0.2) is 4.79 Å². The number of amides is 1. The van der Waals surface area contributed by atoms with Crippen LogP contribution in [-0.4, -0.2) is 25.1 Å². The van der Waals surface area contributed by atoms with Crippen molar-refractivity contribution in [2.24, 2.45) is 0 Å². The number of hydrogen-bond donors (Lipinski definition) is 1. The molecule has 2 aromatic carbocycles. The molecule has 0 saturated heterocycles. The summed E-state index contributed by atoms with van der Waals surface area (Å²) < 4.78 is 11.1. The summed E-state index contributed by atoms with van der Waals surface area (Å²) in [7, 11) is 1.48. The Labute approximate surface area is 153 Å². The highest BCUT2D eigenvalue weighted by molar-refractivity contribution is 9.10. The summed E-state index contributed by atoms with van der Waals surface area (Å²) in [4.78, 5) is 24.3. The average Bonchev–Trinajstić information content (AvgIpc) is 2.55. The summed E-state index contributed by atoms with van der Waals surface area (Å²) in [6.07, 6.45) is -0.986. The van der Waals surface area contributed by atoms with Gasteiger partial charge in [-0.3, -0.25) is 4.79 Å². The number of esters is 1. The lowest BCUT2D eigenvalue weighted by Crippen LogP contribution is -2.30. The Kier molecular flexibility index (Phi) is 6.23. The van der Waals surface area contributed by atoms with Crippen LogP contribution in [0.4, 0.5) is 5.69 Å². The SMILES string of the molecule is COc1ccc(Cl)cc1NC(=O)[C@H](C)OC(=O)c1cccc(Br)c1. The molecule has 0 unspecified atom stereocenters. The first-order valence-corrected chi connectivity index (χ1v) is 8.18. The summed E-state index contributed by atoms with van der Waals surface area (Å²) in [5.74, 6) is -0.616. The number of hydrogen-bond acceptors (Lipinski definition) is 4. The van der Waals surface area contributed by atoms with Gasteiger partial charge < -0.3 is 14.8 Å². The fourth-order valence-corrected chi connectivity index (χ4v) is 2.48. The van der Waals surface area contributed by atoms with Gasteiger partial charge in [0.05, 0.1) is 18.4 Å². The van der Waals surface area contributed by atoms with Crippen molar-refractivity contribution >= 4 is 45.1 Å². The second-order valence-corrected chi connectivity index (χ2v) is 6.24. The number of anilines is 1. The first-order valence-electron chi connectivity index (χ1n) is 7.01. The lowest BCUT2D eigenvalue weighted by atomic mass is 10.2. The maximum atomic E-state index is 12.2. The molecule has 0 aliphatic heterocycles. The third-order valence-electron chi connectivity index (χ3n) is 3.13. The van der Waals surface area contributed by atoms with Crippen LogP contribution in [0.2, 0.25) is 5.02 Å². The van der Waals surface area contributed by atoms with Crippen molar-refractivity contribution in [3.63, 3.8) is 0 Å².